The normalized spacial score (nSPS) is 15.7. The predicted molar refractivity (Wildman–Crippen MR) is 98.5 cm³/mol. The van der Waals surface area contributed by atoms with Crippen LogP contribution in [0.2, 0.25) is 5.02 Å². The largest absolute Gasteiger partial charge is 0.321 e. The number of carbonyl (C=O) groups is 1. The Balaban J connectivity index is 1.75. The van der Waals surface area contributed by atoms with Gasteiger partial charge in [-0.25, -0.2) is 8.42 Å². The van der Waals surface area contributed by atoms with E-state index in [1.54, 1.807) is 24.3 Å². The highest BCUT2D eigenvalue weighted by molar-refractivity contribution is 7.89. The van der Waals surface area contributed by atoms with E-state index in [2.05, 4.69) is 5.32 Å². The molecule has 1 saturated heterocycles. The molecule has 0 radical (unpaired) electrons. The summed E-state index contributed by atoms with van der Waals surface area (Å²) in [5.74, 6) is -0.338. The van der Waals surface area contributed by atoms with Crippen LogP contribution in [0.15, 0.2) is 53.4 Å². The number of hydrogen-bond donors (Lipinski definition) is 1. The topological polar surface area (TPSA) is 66.5 Å². The molecule has 2 aromatic carbocycles. The van der Waals surface area contributed by atoms with Crippen molar-refractivity contribution in [2.45, 2.75) is 24.2 Å². The Morgan fingerprint density at radius 1 is 0.960 bits per heavy atom. The molecule has 0 unspecified atom stereocenters. The zero-order valence-electron chi connectivity index (χ0n) is 13.6. The molecule has 0 bridgehead atoms. The second-order valence-electron chi connectivity index (χ2n) is 5.92. The molecule has 0 aromatic heterocycles. The van der Waals surface area contributed by atoms with Gasteiger partial charge in [0.25, 0.3) is 5.91 Å². The second kappa shape index (κ2) is 7.56. The van der Waals surface area contributed by atoms with Crippen molar-refractivity contribution in [2.24, 2.45) is 0 Å². The lowest BCUT2D eigenvalue weighted by Gasteiger charge is -2.25. The molecule has 7 heteroatoms. The Morgan fingerprint density at radius 3 is 2.24 bits per heavy atom. The first-order valence-electron chi connectivity index (χ1n) is 8.14. The smallest absolute Gasteiger partial charge is 0.255 e. The lowest BCUT2D eigenvalue weighted by Crippen LogP contribution is -2.35. The van der Waals surface area contributed by atoms with E-state index in [-0.39, 0.29) is 10.8 Å². The first kappa shape index (κ1) is 17.9. The van der Waals surface area contributed by atoms with Crippen molar-refractivity contribution >= 4 is 33.2 Å². The maximum atomic E-state index is 12.6. The molecule has 0 atom stereocenters. The van der Waals surface area contributed by atoms with Crippen LogP contribution in [-0.2, 0) is 10.0 Å². The summed E-state index contributed by atoms with van der Waals surface area (Å²) in [6.07, 6.45) is 2.84. The molecule has 3 rings (SSSR count). The quantitative estimate of drug-likeness (QED) is 0.880. The zero-order chi connectivity index (χ0) is 17.9. The Bertz CT molecular complexity index is 860. The van der Waals surface area contributed by atoms with Crippen LogP contribution in [0.5, 0.6) is 0 Å². The fourth-order valence-corrected chi connectivity index (χ4v) is 4.49. The van der Waals surface area contributed by atoms with Crippen molar-refractivity contribution in [3.05, 3.63) is 59.1 Å². The number of nitrogens with one attached hydrogen (secondary N) is 1. The van der Waals surface area contributed by atoms with Gasteiger partial charge in [-0.3, -0.25) is 4.79 Å². The van der Waals surface area contributed by atoms with E-state index in [1.165, 1.54) is 28.6 Å². The van der Waals surface area contributed by atoms with Crippen LogP contribution >= 0.6 is 11.6 Å². The van der Waals surface area contributed by atoms with Crippen LogP contribution in [0, 0.1) is 0 Å². The van der Waals surface area contributed by atoms with Crippen molar-refractivity contribution in [3.8, 4) is 0 Å². The van der Waals surface area contributed by atoms with E-state index in [1.807, 2.05) is 0 Å². The van der Waals surface area contributed by atoms with E-state index >= 15 is 0 Å². The minimum Gasteiger partial charge on any atom is -0.321 e. The van der Waals surface area contributed by atoms with Gasteiger partial charge in [0.1, 0.15) is 0 Å². The Morgan fingerprint density at radius 2 is 1.60 bits per heavy atom. The van der Waals surface area contributed by atoms with Gasteiger partial charge in [0.05, 0.1) is 15.6 Å². The summed E-state index contributed by atoms with van der Waals surface area (Å²) < 4.78 is 26.7. The lowest BCUT2D eigenvalue weighted by molar-refractivity contribution is 0.102. The van der Waals surface area contributed by atoms with Gasteiger partial charge in [-0.15, -0.1) is 0 Å². The van der Waals surface area contributed by atoms with Gasteiger partial charge in [0, 0.05) is 18.7 Å². The predicted octanol–water partition coefficient (Wildman–Crippen LogP) is 3.77. The maximum absolute atomic E-state index is 12.6. The number of nitrogens with zero attached hydrogens (tertiary/aromatic N) is 1. The third-order valence-electron chi connectivity index (χ3n) is 4.19. The average Bonchev–Trinajstić information content (AvgIpc) is 2.64. The van der Waals surface area contributed by atoms with Crippen LogP contribution in [-0.4, -0.2) is 31.7 Å². The SMILES string of the molecule is O=C(Nc1ccccc1Cl)c1ccc(S(=O)(=O)N2CCCCC2)cc1. The van der Waals surface area contributed by atoms with Gasteiger partial charge in [-0.2, -0.15) is 4.31 Å². The monoisotopic (exact) mass is 378 g/mol. The number of piperidine rings is 1. The van der Waals surface area contributed by atoms with Crippen molar-refractivity contribution in [1.29, 1.82) is 0 Å². The van der Waals surface area contributed by atoms with Crippen LogP contribution in [0.4, 0.5) is 5.69 Å². The van der Waals surface area contributed by atoms with Crippen LogP contribution in [0.3, 0.4) is 0 Å². The van der Waals surface area contributed by atoms with E-state index in [0.717, 1.165) is 19.3 Å². The highest BCUT2D eigenvalue weighted by Crippen LogP contribution is 2.23. The summed E-state index contributed by atoms with van der Waals surface area (Å²) in [4.78, 5) is 12.5. The first-order valence-corrected chi connectivity index (χ1v) is 9.96. The van der Waals surface area contributed by atoms with Gasteiger partial charge in [0.2, 0.25) is 10.0 Å². The van der Waals surface area contributed by atoms with Crippen molar-refractivity contribution in [2.75, 3.05) is 18.4 Å². The van der Waals surface area contributed by atoms with E-state index in [0.29, 0.717) is 29.4 Å². The third kappa shape index (κ3) is 4.03. The van der Waals surface area contributed by atoms with E-state index in [4.69, 9.17) is 11.6 Å². The lowest BCUT2D eigenvalue weighted by atomic mass is 10.2. The molecule has 1 fully saturated rings. The number of carbonyl (C=O) groups excluding carboxylic acids is 1. The Hall–Kier alpha value is -1.89. The molecule has 5 nitrogen and oxygen atoms in total. The molecular weight excluding hydrogens is 360 g/mol. The minimum atomic E-state index is -3.49. The summed E-state index contributed by atoms with van der Waals surface area (Å²) in [5.41, 5.74) is 0.886. The fourth-order valence-electron chi connectivity index (χ4n) is 2.79. The molecule has 25 heavy (non-hydrogen) atoms. The van der Waals surface area contributed by atoms with Gasteiger partial charge >= 0.3 is 0 Å². The second-order valence-corrected chi connectivity index (χ2v) is 8.27. The molecule has 132 valence electrons. The van der Waals surface area contributed by atoms with Crippen molar-refractivity contribution in [3.63, 3.8) is 0 Å². The maximum Gasteiger partial charge on any atom is 0.255 e. The van der Waals surface area contributed by atoms with Gasteiger partial charge in [-0.1, -0.05) is 30.2 Å². The molecule has 1 N–H and O–H groups in total. The number of sulfonamides is 1. The highest BCUT2D eigenvalue weighted by atomic mass is 35.5. The molecular formula is C18H19ClN2O3S. The number of hydrogen-bond acceptors (Lipinski definition) is 3. The molecule has 1 aliphatic rings. The standard InChI is InChI=1S/C18H19ClN2O3S/c19-16-6-2-3-7-17(16)20-18(22)14-8-10-15(11-9-14)25(23,24)21-12-4-1-5-13-21/h2-3,6-11H,1,4-5,12-13H2,(H,20,22). The summed E-state index contributed by atoms with van der Waals surface area (Å²) in [6.45, 7) is 1.11. The van der Waals surface area contributed by atoms with Gasteiger partial charge in [0.15, 0.2) is 0 Å². The molecule has 0 spiro atoms. The third-order valence-corrected chi connectivity index (χ3v) is 6.43. The summed E-state index contributed by atoms with van der Waals surface area (Å²) in [7, 11) is -3.49. The molecule has 1 aliphatic heterocycles. The number of halogens is 1. The number of amides is 1. The minimum absolute atomic E-state index is 0.212. The van der Waals surface area contributed by atoms with E-state index in [9.17, 15) is 13.2 Å². The van der Waals surface area contributed by atoms with Crippen molar-refractivity contribution in [1.82, 2.24) is 4.31 Å². The Labute approximate surface area is 152 Å². The number of benzene rings is 2. The molecule has 0 saturated carbocycles. The first-order chi connectivity index (χ1) is 12.0. The molecule has 0 aliphatic carbocycles. The van der Waals surface area contributed by atoms with Crippen LogP contribution < -0.4 is 5.32 Å². The fraction of sp³-hybridized carbons (Fsp3) is 0.278. The summed E-state index contributed by atoms with van der Waals surface area (Å²) in [5, 5.41) is 3.16. The van der Waals surface area contributed by atoms with E-state index < -0.39 is 10.0 Å². The van der Waals surface area contributed by atoms with Crippen LogP contribution in [0.25, 0.3) is 0 Å². The van der Waals surface area contributed by atoms with Gasteiger partial charge < -0.3 is 5.32 Å². The molecule has 1 amide bonds. The number of para-hydroxylation sites is 1. The summed E-state index contributed by atoms with van der Waals surface area (Å²) >= 11 is 6.03. The summed E-state index contributed by atoms with van der Waals surface area (Å²) in [6, 6.07) is 12.9. The van der Waals surface area contributed by atoms with Crippen LogP contribution in [0.1, 0.15) is 29.6 Å². The molecule has 1 heterocycles. The average molecular weight is 379 g/mol. The van der Waals surface area contributed by atoms with Gasteiger partial charge in [-0.05, 0) is 49.2 Å². The van der Waals surface area contributed by atoms with Crippen molar-refractivity contribution < 1.29 is 13.2 Å². The Kier molecular flexibility index (Phi) is 5.42. The number of anilines is 1. The number of rotatable bonds is 4. The highest BCUT2D eigenvalue weighted by Gasteiger charge is 2.25. The molecule has 2 aromatic rings. The zero-order valence-corrected chi connectivity index (χ0v) is 15.2.